The summed E-state index contributed by atoms with van der Waals surface area (Å²) in [5, 5.41) is 3.36. The van der Waals surface area contributed by atoms with Crippen molar-refractivity contribution in [2.75, 3.05) is 21.3 Å². The minimum atomic E-state index is 0. The maximum absolute atomic E-state index is 5.37. The van der Waals surface area contributed by atoms with Gasteiger partial charge in [0.15, 0.2) is 11.5 Å². The first-order chi connectivity index (χ1) is 9.78. The van der Waals surface area contributed by atoms with Gasteiger partial charge in [-0.25, -0.2) is 0 Å². The molecule has 0 aliphatic rings. The summed E-state index contributed by atoms with van der Waals surface area (Å²) in [5.74, 6) is 1.52. The van der Waals surface area contributed by atoms with Gasteiger partial charge in [0.25, 0.3) is 0 Å². The number of hydrogen-bond acceptors (Lipinski definition) is 3. The van der Waals surface area contributed by atoms with Gasteiger partial charge in [-0.1, -0.05) is 36.4 Å². The van der Waals surface area contributed by atoms with E-state index >= 15 is 0 Å². The summed E-state index contributed by atoms with van der Waals surface area (Å²) in [6.45, 7) is 0. The van der Waals surface area contributed by atoms with Crippen LogP contribution in [0.25, 0.3) is 0 Å². The Hall–Kier alpha value is -1.71. The molecular formula is C17H22ClNO2. The molecule has 114 valence electrons. The third kappa shape index (κ3) is 4.38. The average Bonchev–Trinajstić information content (AvgIpc) is 2.53. The molecular weight excluding hydrogens is 286 g/mol. The number of ether oxygens (including phenoxy) is 2. The number of benzene rings is 2. The van der Waals surface area contributed by atoms with Crippen molar-refractivity contribution in [1.82, 2.24) is 5.32 Å². The predicted octanol–water partition coefficient (Wildman–Crippen LogP) is 3.63. The van der Waals surface area contributed by atoms with Crippen molar-refractivity contribution >= 4 is 12.4 Å². The van der Waals surface area contributed by atoms with Crippen LogP contribution in [0.3, 0.4) is 0 Å². The highest BCUT2D eigenvalue weighted by atomic mass is 35.5. The van der Waals surface area contributed by atoms with Crippen molar-refractivity contribution in [2.24, 2.45) is 0 Å². The lowest BCUT2D eigenvalue weighted by atomic mass is 9.98. The molecule has 2 rings (SSSR count). The van der Waals surface area contributed by atoms with E-state index in [9.17, 15) is 0 Å². The fourth-order valence-corrected chi connectivity index (χ4v) is 2.31. The maximum Gasteiger partial charge on any atom is 0.161 e. The molecule has 0 aliphatic carbocycles. The summed E-state index contributed by atoms with van der Waals surface area (Å²) in [6, 6.07) is 16.8. The van der Waals surface area contributed by atoms with Gasteiger partial charge in [-0.2, -0.15) is 0 Å². The van der Waals surface area contributed by atoms with Crippen LogP contribution in [0.15, 0.2) is 48.5 Å². The van der Waals surface area contributed by atoms with Crippen molar-refractivity contribution in [3.05, 3.63) is 59.7 Å². The first-order valence-corrected chi connectivity index (χ1v) is 6.71. The lowest BCUT2D eigenvalue weighted by Gasteiger charge is -2.18. The van der Waals surface area contributed by atoms with Crippen LogP contribution in [0.2, 0.25) is 0 Å². The van der Waals surface area contributed by atoms with Crippen molar-refractivity contribution in [1.29, 1.82) is 0 Å². The normalized spacial score (nSPS) is 11.4. The molecule has 2 aromatic rings. The van der Waals surface area contributed by atoms with Crippen LogP contribution >= 0.6 is 12.4 Å². The Bertz CT molecular complexity index is 546. The van der Waals surface area contributed by atoms with Crippen molar-refractivity contribution in [3.63, 3.8) is 0 Å². The Balaban J connectivity index is 0.00000220. The minimum absolute atomic E-state index is 0. The molecule has 1 N–H and O–H groups in total. The summed E-state index contributed by atoms with van der Waals surface area (Å²) in [5.41, 5.74) is 2.50. The molecule has 0 saturated heterocycles. The molecule has 0 radical (unpaired) electrons. The Labute approximate surface area is 132 Å². The minimum Gasteiger partial charge on any atom is -0.493 e. The van der Waals surface area contributed by atoms with Crippen LogP contribution in [0.4, 0.5) is 0 Å². The van der Waals surface area contributed by atoms with Crippen molar-refractivity contribution < 1.29 is 9.47 Å². The molecule has 4 heteroatoms. The van der Waals surface area contributed by atoms with Gasteiger partial charge < -0.3 is 14.8 Å². The SMILES string of the molecule is CNC(Cc1ccccc1)c1ccc(OC)c(OC)c1.Cl. The van der Waals surface area contributed by atoms with Crippen molar-refractivity contribution in [2.45, 2.75) is 12.5 Å². The second-order valence-electron chi connectivity index (χ2n) is 4.65. The van der Waals surface area contributed by atoms with Gasteiger partial charge in [0.05, 0.1) is 14.2 Å². The van der Waals surface area contributed by atoms with Gasteiger partial charge in [-0.15, -0.1) is 12.4 Å². The van der Waals surface area contributed by atoms with Crippen LogP contribution in [0.5, 0.6) is 11.5 Å². The van der Waals surface area contributed by atoms with Gasteiger partial charge in [-0.05, 0) is 36.7 Å². The zero-order chi connectivity index (χ0) is 14.4. The Kier molecular flexibility index (Phi) is 7.06. The predicted molar refractivity (Wildman–Crippen MR) is 88.7 cm³/mol. The molecule has 0 aromatic heterocycles. The second-order valence-corrected chi connectivity index (χ2v) is 4.65. The molecule has 0 spiro atoms. The Morgan fingerprint density at radius 1 is 0.952 bits per heavy atom. The highest BCUT2D eigenvalue weighted by Crippen LogP contribution is 2.30. The van der Waals surface area contributed by atoms with E-state index in [-0.39, 0.29) is 18.4 Å². The summed E-state index contributed by atoms with van der Waals surface area (Å²) < 4.78 is 10.6. The molecule has 0 heterocycles. The van der Waals surface area contributed by atoms with Crippen LogP contribution in [0, 0.1) is 0 Å². The van der Waals surface area contributed by atoms with E-state index in [1.54, 1.807) is 14.2 Å². The van der Waals surface area contributed by atoms with E-state index < -0.39 is 0 Å². The Morgan fingerprint density at radius 2 is 1.62 bits per heavy atom. The quantitative estimate of drug-likeness (QED) is 0.884. The highest BCUT2D eigenvalue weighted by Gasteiger charge is 2.13. The standard InChI is InChI=1S/C17H21NO2.ClH/c1-18-15(11-13-7-5-4-6-8-13)14-9-10-16(19-2)17(12-14)20-3;/h4-10,12,15,18H,11H2,1-3H3;1H. The average molecular weight is 308 g/mol. The first-order valence-electron chi connectivity index (χ1n) is 6.71. The number of rotatable bonds is 6. The number of nitrogens with one attached hydrogen (secondary N) is 1. The van der Waals surface area contributed by atoms with E-state index in [1.807, 2.05) is 25.2 Å². The van der Waals surface area contributed by atoms with Crippen LogP contribution in [0.1, 0.15) is 17.2 Å². The summed E-state index contributed by atoms with van der Waals surface area (Å²) >= 11 is 0. The molecule has 0 saturated carbocycles. The largest absolute Gasteiger partial charge is 0.493 e. The summed E-state index contributed by atoms with van der Waals surface area (Å²) in [7, 11) is 5.29. The highest BCUT2D eigenvalue weighted by molar-refractivity contribution is 5.85. The van der Waals surface area contributed by atoms with Crippen LogP contribution in [-0.4, -0.2) is 21.3 Å². The lowest BCUT2D eigenvalue weighted by Crippen LogP contribution is -2.18. The van der Waals surface area contributed by atoms with Crippen LogP contribution < -0.4 is 14.8 Å². The molecule has 0 amide bonds. The molecule has 21 heavy (non-hydrogen) atoms. The Morgan fingerprint density at radius 3 is 2.19 bits per heavy atom. The fraction of sp³-hybridized carbons (Fsp3) is 0.294. The van der Waals surface area contributed by atoms with E-state index in [0.717, 1.165) is 17.9 Å². The molecule has 0 bridgehead atoms. The number of hydrogen-bond donors (Lipinski definition) is 1. The van der Waals surface area contributed by atoms with E-state index in [4.69, 9.17) is 9.47 Å². The van der Waals surface area contributed by atoms with Gasteiger partial charge in [0.2, 0.25) is 0 Å². The van der Waals surface area contributed by atoms with Gasteiger partial charge >= 0.3 is 0 Å². The van der Waals surface area contributed by atoms with E-state index in [2.05, 4.69) is 35.6 Å². The van der Waals surface area contributed by atoms with E-state index in [1.165, 1.54) is 11.1 Å². The number of likely N-dealkylation sites (N-methyl/N-ethyl adjacent to an activating group) is 1. The van der Waals surface area contributed by atoms with Gasteiger partial charge in [0, 0.05) is 6.04 Å². The fourth-order valence-electron chi connectivity index (χ4n) is 2.31. The lowest BCUT2D eigenvalue weighted by molar-refractivity contribution is 0.354. The van der Waals surface area contributed by atoms with E-state index in [0.29, 0.717) is 0 Å². The van der Waals surface area contributed by atoms with Crippen LogP contribution in [-0.2, 0) is 6.42 Å². The molecule has 2 aromatic carbocycles. The maximum atomic E-state index is 5.37. The smallest absolute Gasteiger partial charge is 0.161 e. The van der Waals surface area contributed by atoms with Gasteiger partial charge in [-0.3, -0.25) is 0 Å². The molecule has 0 fully saturated rings. The zero-order valence-electron chi connectivity index (χ0n) is 12.6. The third-order valence-electron chi connectivity index (χ3n) is 3.44. The molecule has 1 atom stereocenters. The topological polar surface area (TPSA) is 30.5 Å². The van der Waals surface area contributed by atoms with Crippen molar-refractivity contribution in [3.8, 4) is 11.5 Å². The number of halogens is 1. The monoisotopic (exact) mass is 307 g/mol. The molecule has 1 unspecified atom stereocenters. The van der Waals surface area contributed by atoms with Gasteiger partial charge in [0.1, 0.15) is 0 Å². The molecule has 3 nitrogen and oxygen atoms in total. The number of methoxy groups -OCH3 is 2. The second kappa shape index (κ2) is 8.55. The summed E-state index contributed by atoms with van der Waals surface area (Å²) in [4.78, 5) is 0. The zero-order valence-corrected chi connectivity index (χ0v) is 13.4. The third-order valence-corrected chi connectivity index (χ3v) is 3.44. The first kappa shape index (κ1) is 17.3. The summed E-state index contributed by atoms with van der Waals surface area (Å²) in [6.07, 6.45) is 0.937. The molecule has 0 aliphatic heterocycles.